The van der Waals surface area contributed by atoms with E-state index in [9.17, 15) is 9.59 Å². The molecule has 2 heterocycles. The Morgan fingerprint density at radius 1 is 1.32 bits per heavy atom. The van der Waals surface area contributed by atoms with E-state index in [2.05, 4.69) is 11.9 Å². The van der Waals surface area contributed by atoms with Crippen LogP contribution < -0.4 is 10.5 Å². The predicted octanol–water partition coefficient (Wildman–Crippen LogP) is 4.02. The summed E-state index contributed by atoms with van der Waals surface area (Å²) in [6, 6.07) is 9.58. The highest BCUT2D eigenvalue weighted by molar-refractivity contribution is 7.18. The number of hydrogen-bond acceptors (Lipinski definition) is 4. The summed E-state index contributed by atoms with van der Waals surface area (Å²) >= 11 is 1.63. The third kappa shape index (κ3) is 3.37. The molecule has 0 saturated heterocycles. The van der Waals surface area contributed by atoms with Crippen LogP contribution in [0.3, 0.4) is 0 Å². The molecule has 0 fully saturated rings. The van der Waals surface area contributed by atoms with Crippen molar-refractivity contribution < 1.29 is 4.79 Å². The van der Waals surface area contributed by atoms with Crippen LogP contribution in [0.2, 0.25) is 0 Å². The lowest BCUT2D eigenvalue weighted by atomic mass is 9.89. The third-order valence-electron chi connectivity index (χ3n) is 5.41. The fourth-order valence-corrected chi connectivity index (χ4v) is 5.36. The average molecular weight is 396 g/mol. The van der Waals surface area contributed by atoms with E-state index in [1.807, 2.05) is 44.2 Å². The average Bonchev–Trinajstić information content (AvgIpc) is 3.03. The maximum absolute atomic E-state index is 13.2. The van der Waals surface area contributed by atoms with Crippen molar-refractivity contribution in [3.05, 3.63) is 57.5 Å². The van der Waals surface area contributed by atoms with Crippen molar-refractivity contribution in [2.24, 2.45) is 5.92 Å². The van der Waals surface area contributed by atoms with Crippen LogP contribution in [0.4, 0.5) is 5.69 Å². The molecule has 0 bridgehead atoms. The Labute approximate surface area is 168 Å². The van der Waals surface area contributed by atoms with Crippen LogP contribution in [0, 0.1) is 5.92 Å². The van der Waals surface area contributed by atoms with Crippen LogP contribution in [-0.2, 0) is 24.2 Å². The molecule has 1 amide bonds. The van der Waals surface area contributed by atoms with Crippen molar-refractivity contribution in [2.45, 2.75) is 52.6 Å². The fraction of sp³-hybridized carbons (Fsp3) is 0.409. The van der Waals surface area contributed by atoms with Gasteiger partial charge < -0.3 is 4.90 Å². The van der Waals surface area contributed by atoms with E-state index in [0.29, 0.717) is 5.92 Å². The van der Waals surface area contributed by atoms with Gasteiger partial charge in [0.25, 0.3) is 5.56 Å². The SMILES string of the molecule is CC(C)N(C(=O)Cn1cnc2sc3c(c2c1=O)CC[C@H](C)C3)c1ccccc1. The number of thiophene rings is 1. The van der Waals surface area contributed by atoms with E-state index < -0.39 is 0 Å². The van der Waals surface area contributed by atoms with Gasteiger partial charge in [-0.25, -0.2) is 4.98 Å². The molecule has 2 aromatic heterocycles. The minimum atomic E-state index is -0.109. The molecule has 1 aliphatic carbocycles. The van der Waals surface area contributed by atoms with Crippen molar-refractivity contribution in [1.82, 2.24) is 9.55 Å². The number of aryl methyl sites for hydroxylation is 1. The Morgan fingerprint density at radius 2 is 2.07 bits per heavy atom. The van der Waals surface area contributed by atoms with Gasteiger partial charge in [0.15, 0.2) is 0 Å². The van der Waals surface area contributed by atoms with Gasteiger partial charge >= 0.3 is 0 Å². The number of aromatic nitrogens is 2. The van der Waals surface area contributed by atoms with Crippen molar-refractivity contribution in [3.8, 4) is 0 Å². The monoisotopic (exact) mass is 395 g/mol. The predicted molar refractivity (Wildman–Crippen MR) is 114 cm³/mol. The van der Waals surface area contributed by atoms with Gasteiger partial charge in [0.1, 0.15) is 11.4 Å². The lowest BCUT2D eigenvalue weighted by Crippen LogP contribution is -2.41. The summed E-state index contributed by atoms with van der Waals surface area (Å²) in [4.78, 5) is 34.6. The standard InChI is InChI=1S/C22H25N3O2S/c1-14(2)25(16-7-5-4-6-8-16)19(26)12-24-13-23-21-20(22(24)27)17-10-9-15(3)11-18(17)28-21/h4-8,13-15H,9-12H2,1-3H3/t15-/m0/s1. The zero-order chi connectivity index (χ0) is 19.8. The van der Waals surface area contributed by atoms with E-state index in [-0.39, 0.29) is 24.1 Å². The molecule has 0 spiro atoms. The van der Waals surface area contributed by atoms with Gasteiger partial charge in [0.2, 0.25) is 5.91 Å². The second-order valence-electron chi connectivity index (χ2n) is 7.90. The van der Waals surface area contributed by atoms with E-state index in [4.69, 9.17) is 0 Å². The number of rotatable bonds is 4. The van der Waals surface area contributed by atoms with Crippen LogP contribution in [-0.4, -0.2) is 21.5 Å². The minimum absolute atomic E-state index is 0.00214. The summed E-state index contributed by atoms with van der Waals surface area (Å²) in [7, 11) is 0. The summed E-state index contributed by atoms with van der Waals surface area (Å²) in [6.45, 7) is 6.20. The number of nitrogens with zero attached hydrogens (tertiary/aromatic N) is 3. The highest BCUT2D eigenvalue weighted by Crippen LogP contribution is 2.35. The quantitative estimate of drug-likeness (QED) is 0.670. The Balaban J connectivity index is 1.69. The van der Waals surface area contributed by atoms with Gasteiger partial charge in [-0.1, -0.05) is 25.1 Å². The molecular weight excluding hydrogens is 370 g/mol. The van der Waals surface area contributed by atoms with E-state index in [1.54, 1.807) is 16.2 Å². The number of carbonyl (C=O) groups excluding carboxylic acids is 1. The minimum Gasteiger partial charge on any atom is -0.308 e. The second kappa shape index (κ2) is 7.51. The normalized spacial score (nSPS) is 16.4. The maximum Gasteiger partial charge on any atom is 0.262 e. The Morgan fingerprint density at radius 3 is 2.79 bits per heavy atom. The van der Waals surface area contributed by atoms with Gasteiger partial charge in [-0.15, -0.1) is 11.3 Å². The van der Waals surface area contributed by atoms with Crippen molar-refractivity contribution >= 4 is 33.1 Å². The number of hydrogen-bond donors (Lipinski definition) is 0. The van der Waals surface area contributed by atoms with E-state index in [1.165, 1.54) is 15.8 Å². The Hall–Kier alpha value is -2.47. The molecular formula is C22H25N3O2S. The smallest absolute Gasteiger partial charge is 0.262 e. The first-order chi connectivity index (χ1) is 13.5. The van der Waals surface area contributed by atoms with E-state index in [0.717, 1.165) is 40.7 Å². The highest BCUT2D eigenvalue weighted by atomic mass is 32.1. The number of carbonyl (C=O) groups is 1. The largest absolute Gasteiger partial charge is 0.308 e. The van der Waals surface area contributed by atoms with Crippen LogP contribution in [0.25, 0.3) is 10.2 Å². The topological polar surface area (TPSA) is 55.2 Å². The van der Waals surface area contributed by atoms with Gasteiger partial charge in [-0.2, -0.15) is 0 Å². The molecule has 146 valence electrons. The molecule has 0 N–H and O–H groups in total. The Kier molecular flexibility index (Phi) is 5.06. The van der Waals surface area contributed by atoms with Gasteiger partial charge in [-0.3, -0.25) is 14.2 Å². The number of anilines is 1. The molecule has 0 radical (unpaired) electrons. The lowest BCUT2D eigenvalue weighted by molar-refractivity contribution is -0.119. The number of para-hydroxylation sites is 1. The van der Waals surface area contributed by atoms with Crippen molar-refractivity contribution in [3.63, 3.8) is 0 Å². The summed E-state index contributed by atoms with van der Waals surface area (Å²) < 4.78 is 1.47. The molecule has 1 aromatic carbocycles. The third-order valence-corrected chi connectivity index (χ3v) is 6.57. The fourth-order valence-electron chi connectivity index (χ4n) is 4.02. The first-order valence-electron chi connectivity index (χ1n) is 9.82. The summed E-state index contributed by atoms with van der Waals surface area (Å²) in [5.41, 5.74) is 1.90. The maximum atomic E-state index is 13.2. The molecule has 0 unspecified atom stereocenters. The highest BCUT2D eigenvalue weighted by Gasteiger charge is 2.24. The summed E-state index contributed by atoms with van der Waals surface area (Å²) in [5.74, 6) is 0.539. The molecule has 0 saturated carbocycles. The molecule has 6 heteroatoms. The molecule has 1 atom stereocenters. The van der Waals surface area contributed by atoms with Gasteiger partial charge in [0, 0.05) is 16.6 Å². The zero-order valence-electron chi connectivity index (χ0n) is 16.5. The van der Waals surface area contributed by atoms with Crippen molar-refractivity contribution in [1.29, 1.82) is 0 Å². The van der Waals surface area contributed by atoms with Crippen LogP contribution in [0.15, 0.2) is 41.5 Å². The first kappa shape index (κ1) is 18.9. The summed E-state index contributed by atoms with van der Waals surface area (Å²) in [6.07, 6.45) is 4.57. The molecule has 4 rings (SSSR count). The van der Waals surface area contributed by atoms with E-state index >= 15 is 0 Å². The molecule has 1 aliphatic rings. The molecule has 0 aliphatic heterocycles. The number of benzene rings is 1. The van der Waals surface area contributed by atoms with Crippen LogP contribution in [0.1, 0.15) is 37.6 Å². The molecule has 28 heavy (non-hydrogen) atoms. The number of amides is 1. The number of fused-ring (bicyclic) bond motifs is 3. The van der Waals surface area contributed by atoms with Crippen LogP contribution >= 0.6 is 11.3 Å². The second-order valence-corrected chi connectivity index (χ2v) is 8.99. The van der Waals surface area contributed by atoms with Gasteiger partial charge in [-0.05, 0) is 56.7 Å². The first-order valence-corrected chi connectivity index (χ1v) is 10.6. The zero-order valence-corrected chi connectivity index (χ0v) is 17.3. The molecule has 3 aromatic rings. The van der Waals surface area contributed by atoms with Crippen LogP contribution in [0.5, 0.6) is 0 Å². The molecule has 5 nitrogen and oxygen atoms in total. The lowest BCUT2D eigenvalue weighted by Gasteiger charge is -2.27. The summed E-state index contributed by atoms with van der Waals surface area (Å²) in [5, 5.41) is 0.720. The van der Waals surface area contributed by atoms with Crippen molar-refractivity contribution in [2.75, 3.05) is 4.90 Å². The Bertz CT molecular complexity index is 1070. The van der Waals surface area contributed by atoms with Gasteiger partial charge in [0.05, 0.1) is 11.7 Å².